The number of rotatable bonds is 28. The number of likely N-dealkylation sites (tertiary alicyclic amines) is 3. The molecule has 3 fully saturated rings. The number of carbonyl (C=O) groups excluding carboxylic acids is 6. The van der Waals surface area contributed by atoms with Crippen molar-refractivity contribution >= 4 is 35.8 Å². The van der Waals surface area contributed by atoms with Crippen molar-refractivity contribution in [3.05, 3.63) is 183 Å². The SMILES string of the molecule is CC(C)Cc1cc(C(=O)N2CCC[C@@H](OCc3ccccc3)C2)nnc1-c1nc(C(C)C)co1.CC(C)Cc1cc(C(=O)N2CCC[C@@H](OCc3ccccc3)C2)nnc1C(=O)N[C@H](C=O)C(C)C.CC(C)Cc1cc(C(=O)N2CCC[C@@H](OCc3ccccc3)C2)nnc1C(=O)N[C@H](CO)C(C)C. The van der Waals surface area contributed by atoms with Gasteiger partial charge in [-0.05, 0) is 145 Å². The van der Waals surface area contributed by atoms with Crippen LogP contribution in [0.1, 0.15) is 219 Å². The molecule has 0 saturated carbocycles. The molecule has 0 bridgehead atoms. The van der Waals surface area contributed by atoms with E-state index in [-0.39, 0.29) is 107 Å². The summed E-state index contributed by atoms with van der Waals surface area (Å²) in [7, 11) is 0. The zero-order valence-electron chi connectivity index (χ0n) is 62.8. The van der Waals surface area contributed by atoms with Crippen LogP contribution in [0.3, 0.4) is 0 Å². The monoisotopic (exact) mass is 1420 g/mol. The molecule has 3 aromatic carbocycles. The number of aliphatic hydroxyl groups excluding tert-OH is 1. The third kappa shape index (κ3) is 24.3. The van der Waals surface area contributed by atoms with Crippen molar-refractivity contribution in [1.82, 2.24) is 60.9 Å². The summed E-state index contributed by atoms with van der Waals surface area (Å²) in [6.07, 6.45) is 9.60. The Balaban J connectivity index is 0.000000197. The van der Waals surface area contributed by atoms with E-state index in [9.17, 15) is 33.9 Å². The van der Waals surface area contributed by atoms with Crippen molar-refractivity contribution in [1.29, 1.82) is 0 Å². The zero-order chi connectivity index (χ0) is 74.8. The van der Waals surface area contributed by atoms with Gasteiger partial charge in [0.2, 0.25) is 5.89 Å². The van der Waals surface area contributed by atoms with E-state index in [1.165, 1.54) is 0 Å². The Kier molecular flexibility index (Phi) is 31.3. The summed E-state index contributed by atoms with van der Waals surface area (Å²) in [5, 5.41) is 40.4. The highest BCUT2D eigenvalue weighted by atomic mass is 16.5. The van der Waals surface area contributed by atoms with Gasteiger partial charge in [-0.2, -0.15) is 0 Å². The van der Waals surface area contributed by atoms with Crippen molar-refractivity contribution in [2.45, 2.75) is 197 Å². The molecule has 3 N–H and O–H groups in total. The highest BCUT2D eigenvalue weighted by Gasteiger charge is 2.32. The topological polar surface area (TPSA) is 287 Å². The first-order chi connectivity index (χ1) is 50.0. The number of aliphatic hydroxyl groups is 1. The van der Waals surface area contributed by atoms with Crippen LogP contribution < -0.4 is 10.6 Å². The van der Waals surface area contributed by atoms with Crippen molar-refractivity contribution in [3.63, 3.8) is 0 Å². The minimum atomic E-state index is -0.612. The Hall–Kier alpha value is -9.03. The Morgan fingerprint density at radius 2 is 0.885 bits per heavy atom. The molecule has 5 amide bonds. The summed E-state index contributed by atoms with van der Waals surface area (Å²) in [6.45, 7) is 29.1. The molecule has 10 rings (SSSR count). The highest BCUT2D eigenvalue weighted by Crippen LogP contribution is 2.28. The van der Waals surface area contributed by atoms with Gasteiger partial charge in [-0.25, -0.2) is 4.98 Å². The fourth-order valence-electron chi connectivity index (χ4n) is 12.5. The predicted molar refractivity (Wildman–Crippen MR) is 397 cm³/mol. The number of nitrogens with zero attached hydrogens (tertiary/aromatic N) is 10. The Bertz CT molecular complexity index is 3870. The number of carbonyl (C=O) groups is 6. The zero-order valence-corrected chi connectivity index (χ0v) is 62.8. The van der Waals surface area contributed by atoms with Gasteiger partial charge in [-0.15, -0.1) is 30.6 Å². The third-order valence-corrected chi connectivity index (χ3v) is 18.4. The number of aldehydes is 1. The smallest absolute Gasteiger partial charge is 0.274 e. The number of oxazole rings is 1. The molecule has 0 unspecified atom stereocenters. The number of hydrogen-bond acceptors (Lipinski definition) is 18. The maximum atomic E-state index is 13.3. The Morgan fingerprint density at radius 1 is 0.510 bits per heavy atom. The van der Waals surface area contributed by atoms with Crippen LogP contribution in [0.4, 0.5) is 0 Å². The molecule has 3 aliphatic rings. The van der Waals surface area contributed by atoms with Crippen molar-refractivity contribution in [2.75, 3.05) is 45.9 Å². The lowest BCUT2D eigenvalue weighted by Crippen LogP contribution is -2.44. The van der Waals surface area contributed by atoms with Gasteiger partial charge >= 0.3 is 0 Å². The number of benzene rings is 3. The van der Waals surface area contributed by atoms with Gasteiger partial charge in [0.05, 0.1) is 62.5 Å². The number of piperidine rings is 3. The number of hydrogen-bond donors (Lipinski definition) is 3. The highest BCUT2D eigenvalue weighted by molar-refractivity contribution is 5.98. The van der Waals surface area contributed by atoms with Gasteiger partial charge in [0.1, 0.15) is 12.5 Å². The molecule has 0 aliphatic carbocycles. The maximum Gasteiger partial charge on any atom is 0.274 e. The van der Waals surface area contributed by atoms with E-state index in [0.717, 1.165) is 79.2 Å². The fraction of sp³-hybridized carbons (Fsp3) is 0.519. The van der Waals surface area contributed by atoms with E-state index in [2.05, 4.69) is 86.0 Å². The van der Waals surface area contributed by atoms with Crippen LogP contribution in [0.2, 0.25) is 0 Å². The molecular formula is C81H108N12O11. The van der Waals surface area contributed by atoms with Gasteiger partial charge in [-0.1, -0.05) is 174 Å². The largest absolute Gasteiger partial charge is 0.443 e. The molecule has 23 heteroatoms. The molecule has 23 nitrogen and oxygen atoms in total. The first-order valence-electron chi connectivity index (χ1n) is 37.0. The fourth-order valence-corrected chi connectivity index (χ4v) is 12.5. The standard InChI is InChI=1S/C27H38N4O4.C27H36N4O4.C27H34N4O3/c2*1-18(2)13-21-14-23(29-30-25(21)26(33)28-24(16-32)19(3)4)27(34)31-12-8-11-22(15-31)35-17-20-9-6-5-7-10-20;1-18(2)13-21-14-23(29-30-25(21)26-28-24(17-34-26)19(3)4)27(32)31-12-8-11-22(15-31)33-16-20-9-6-5-7-10-20/h5-7,9-10,14,18-19,22,24,32H,8,11-13,15-17H2,1-4H3,(H,28,33);5-7,9-10,14,16,18-19,22,24H,8,11-13,15,17H2,1-4H3,(H,28,33);5-7,9-10,14,17-19,22H,8,11-13,15-16H2,1-4H3/t2*22-,24-;22-/m111/s1. The van der Waals surface area contributed by atoms with E-state index < -0.39 is 11.9 Å². The summed E-state index contributed by atoms with van der Waals surface area (Å²) >= 11 is 0. The van der Waals surface area contributed by atoms with E-state index in [1.54, 1.807) is 28.2 Å². The second kappa shape index (κ2) is 40.3. The molecule has 3 aliphatic heterocycles. The van der Waals surface area contributed by atoms with Gasteiger partial charge in [0.25, 0.3) is 29.5 Å². The van der Waals surface area contributed by atoms with Crippen LogP contribution in [0, 0.1) is 29.6 Å². The third-order valence-electron chi connectivity index (χ3n) is 18.4. The molecule has 0 radical (unpaired) electrons. The van der Waals surface area contributed by atoms with E-state index >= 15 is 0 Å². The number of amides is 5. The molecule has 558 valence electrons. The van der Waals surface area contributed by atoms with Crippen LogP contribution in [0.5, 0.6) is 0 Å². The van der Waals surface area contributed by atoms with Crippen LogP contribution >= 0.6 is 0 Å². The normalized spacial score (nSPS) is 16.8. The van der Waals surface area contributed by atoms with Crippen molar-refractivity contribution in [3.8, 4) is 11.6 Å². The minimum Gasteiger partial charge on any atom is -0.443 e. The van der Waals surface area contributed by atoms with Gasteiger partial charge in [-0.3, -0.25) is 24.0 Å². The summed E-state index contributed by atoms with van der Waals surface area (Å²) in [6, 6.07) is 34.3. The van der Waals surface area contributed by atoms with Crippen LogP contribution in [-0.4, -0.2) is 167 Å². The molecule has 4 aromatic heterocycles. The summed E-state index contributed by atoms with van der Waals surface area (Å²) < 4.78 is 24.0. The quantitative estimate of drug-likeness (QED) is 0.0384. The van der Waals surface area contributed by atoms with E-state index in [1.807, 2.05) is 145 Å². The Morgan fingerprint density at radius 3 is 1.23 bits per heavy atom. The summed E-state index contributed by atoms with van der Waals surface area (Å²) in [5.41, 5.74) is 8.28. The number of ether oxygens (including phenoxy) is 3. The number of nitrogens with one attached hydrogen (secondary N) is 2. The first kappa shape index (κ1) is 80.7. The van der Waals surface area contributed by atoms with E-state index in [4.69, 9.17) is 18.6 Å². The lowest BCUT2D eigenvalue weighted by Gasteiger charge is -2.32. The number of aromatic nitrogens is 7. The molecule has 5 atom stereocenters. The average molecular weight is 1430 g/mol. The molecule has 104 heavy (non-hydrogen) atoms. The predicted octanol–water partition coefficient (Wildman–Crippen LogP) is 12.0. The first-order valence-corrected chi connectivity index (χ1v) is 37.0. The van der Waals surface area contributed by atoms with Gasteiger partial charge < -0.3 is 53.9 Å². The van der Waals surface area contributed by atoms with Gasteiger partial charge in [0.15, 0.2) is 34.2 Å². The summed E-state index contributed by atoms with van der Waals surface area (Å²) in [4.78, 5) is 86.9. The molecular weight excluding hydrogens is 1320 g/mol. The van der Waals surface area contributed by atoms with Crippen LogP contribution in [-0.2, 0) is 58.1 Å². The second-order valence-corrected chi connectivity index (χ2v) is 29.7. The molecule has 7 heterocycles. The lowest BCUT2D eigenvalue weighted by atomic mass is 9.99. The van der Waals surface area contributed by atoms with E-state index in [0.29, 0.717) is 106 Å². The molecule has 7 aromatic rings. The lowest BCUT2D eigenvalue weighted by molar-refractivity contribution is -0.110. The van der Waals surface area contributed by atoms with Crippen molar-refractivity contribution in [2.24, 2.45) is 29.6 Å². The molecule has 0 spiro atoms. The molecule has 3 saturated heterocycles. The Labute approximate surface area is 613 Å². The second-order valence-electron chi connectivity index (χ2n) is 29.7. The van der Waals surface area contributed by atoms with Gasteiger partial charge in [0, 0.05) is 39.3 Å². The minimum absolute atomic E-state index is 0.0158. The maximum absolute atomic E-state index is 13.3. The van der Waals surface area contributed by atoms with Crippen molar-refractivity contribution < 1.29 is 52.5 Å². The summed E-state index contributed by atoms with van der Waals surface area (Å²) in [5.74, 6) is 0.283. The van der Waals surface area contributed by atoms with Crippen LogP contribution in [0.25, 0.3) is 11.6 Å². The van der Waals surface area contributed by atoms with Crippen LogP contribution in [0.15, 0.2) is 120 Å². The average Bonchev–Trinajstić information content (AvgIpc) is 1.35.